The molecule has 4 rings (SSSR count). The third kappa shape index (κ3) is 1.71. The van der Waals surface area contributed by atoms with Crippen molar-refractivity contribution in [2.24, 2.45) is 28.6 Å². The Balaban J connectivity index is 1.70. The Kier molecular flexibility index (Phi) is 2.81. The van der Waals surface area contributed by atoms with Gasteiger partial charge in [0.2, 0.25) is 0 Å². The van der Waals surface area contributed by atoms with Gasteiger partial charge in [0, 0.05) is 18.3 Å². The van der Waals surface area contributed by atoms with Gasteiger partial charge in [-0.05, 0) is 67.8 Å². The summed E-state index contributed by atoms with van der Waals surface area (Å²) in [6, 6.07) is 0. The summed E-state index contributed by atoms with van der Waals surface area (Å²) in [4.78, 5) is 24.1. The highest BCUT2D eigenvalue weighted by Gasteiger charge is 2.58. The quantitative estimate of drug-likeness (QED) is 0.672. The van der Waals surface area contributed by atoms with E-state index < -0.39 is 0 Å². The Morgan fingerprint density at radius 1 is 0.905 bits per heavy atom. The van der Waals surface area contributed by atoms with Crippen molar-refractivity contribution in [3.05, 3.63) is 11.6 Å². The van der Waals surface area contributed by atoms with Crippen molar-refractivity contribution in [1.29, 1.82) is 0 Å². The largest absolute Gasteiger partial charge is 0.299 e. The summed E-state index contributed by atoms with van der Waals surface area (Å²) in [6.07, 6.45) is 10.2. The van der Waals surface area contributed by atoms with Gasteiger partial charge < -0.3 is 0 Å². The molecule has 5 atom stereocenters. The number of hydrogen-bond donors (Lipinski definition) is 0. The van der Waals surface area contributed by atoms with Crippen molar-refractivity contribution < 1.29 is 9.59 Å². The summed E-state index contributed by atoms with van der Waals surface area (Å²) in [6.45, 7) is 4.64. The van der Waals surface area contributed by atoms with Crippen molar-refractivity contribution >= 4 is 11.6 Å². The zero-order valence-electron chi connectivity index (χ0n) is 13.3. The molecule has 0 heterocycles. The average molecular weight is 286 g/mol. The van der Waals surface area contributed by atoms with Gasteiger partial charge in [0.1, 0.15) is 5.78 Å². The van der Waals surface area contributed by atoms with Crippen LogP contribution in [0, 0.1) is 28.6 Å². The number of fused-ring (bicyclic) bond motifs is 5. The van der Waals surface area contributed by atoms with Crippen LogP contribution in [0.15, 0.2) is 11.6 Å². The third-order valence-electron chi connectivity index (χ3n) is 7.67. The van der Waals surface area contributed by atoms with Crippen LogP contribution < -0.4 is 0 Å². The SMILES string of the molecule is C[C@]12CC[C@H]3[C@H](CCC4=CC(=O)CC[C@]43C)[C@H]1CCC2=O. The first kappa shape index (κ1) is 13.7. The minimum atomic E-state index is -0.0246. The number of allylic oxidation sites excluding steroid dienone is 1. The Morgan fingerprint density at radius 3 is 2.48 bits per heavy atom. The van der Waals surface area contributed by atoms with Gasteiger partial charge in [-0.3, -0.25) is 9.59 Å². The van der Waals surface area contributed by atoms with Crippen LogP contribution in [0.3, 0.4) is 0 Å². The third-order valence-corrected chi connectivity index (χ3v) is 7.67. The van der Waals surface area contributed by atoms with E-state index in [2.05, 4.69) is 13.8 Å². The molecular formula is C19H26O2. The molecule has 0 bridgehead atoms. The highest BCUT2D eigenvalue weighted by Crippen LogP contribution is 2.64. The lowest BCUT2D eigenvalue weighted by molar-refractivity contribution is -0.132. The monoisotopic (exact) mass is 286 g/mol. The molecule has 0 aromatic rings. The molecule has 4 aliphatic rings. The van der Waals surface area contributed by atoms with E-state index in [0.717, 1.165) is 38.5 Å². The summed E-state index contributed by atoms with van der Waals surface area (Å²) in [5.41, 5.74) is 1.64. The van der Waals surface area contributed by atoms with E-state index in [1.165, 1.54) is 18.4 Å². The minimum absolute atomic E-state index is 0.0246. The average Bonchev–Trinajstić information content (AvgIpc) is 2.76. The van der Waals surface area contributed by atoms with Gasteiger partial charge in [-0.25, -0.2) is 0 Å². The maximum absolute atomic E-state index is 12.4. The van der Waals surface area contributed by atoms with Gasteiger partial charge in [0.15, 0.2) is 5.78 Å². The van der Waals surface area contributed by atoms with Gasteiger partial charge >= 0.3 is 0 Å². The summed E-state index contributed by atoms with van der Waals surface area (Å²) < 4.78 is 0. The normalized spacial score (nSPS) is 49.2. The minimum Gasteiger partial charge on any atom is -0.299 e. The van der Waals surface area contributed by atoms with Gasteiger partial charge in [-0.2, -0.15) is 0 Å². The molecule has 21 heavy (non-hydrogen) atoms. The second kappa shape index (κ2) is 4.30. The number of Topliss-reactive ketones (excluding diaryl/α,β-unsaturated/α-hetero) is 1. The topological polar surface area (TPSA) is 34.1 Å². The second-order valence-electron chi connectivity index (χ2n) is 8.39. The van der Waals surface area contributed by atoms with Gasteiger partial charge in [0.25, 0.3) is 0 Å². The zero-order valence-corrected chi connectivity index (χ0v) is 13.3. The summed E-state index contributed by atoms with van der Waals surface area (Å²) in [5, 5.41) is 0. The maximum Gasteiger partial charge on any atom is 0.155 e. The molecule has 114 valence electrons. The van der Waals surface area contributed by atoms with Crippen LogP contribution in [0.5, 0.6) is 0 Å². The van der Waals surface area contributed by atoms with E-state index in [0.29, 0.717) is 29.3 Å². The molecule has 0 amide bonds. The number of ketones is 2. The standard InChI is InChI=1S/C19H26O2/c1-18-9-7-13(20)11-12(18)3-4-14-15-5-6-17(21)19(15,2)10-8-16(14)18/h11,14-16H,3-10H2,1-2H3/t14-,15-,16+,18-,19+/m1/s1. The fourth-order valence-electron chi connectivity index (χ4n) is 6.33. The lowest BCUT2D eigenvalue weighted by atomic mass is 9.47. The number of rotatable bonds is 0. The van der Waals surface area contributed by atoms with E-state index in [-0.39, 0.29) is 10.8 Å². The van der Waals surface area contributed by atoms with Crippen LogP contribution in [0.2, 0.25) is 0 Å². The molecule has 0 radical (unpaired) electrons. The Morgan fingerprint density at radius 2 is 1.67 bits per heavy atom. The summed E-state index contributed by atoms with van der Waals surface area (Å²) in [7, 11) is 0. The number of carbonyl (C=O) groups is 2. The molecule has 4 aliphatic carbocycles. The summed E-state index contributed by atoms with van der Waals surface area (Å²) in [5.74, 6) is 2.88. The Labute approximate surface area is 127 Å². The van der Waals surface area contributed by atoms with Crippen LogP contribution in [-0.2, 0) is 9.59 Å². The molecule has 2 nitrogen and oxygen atoms in total. The first-order chi connectivity index (χ1) is 9.95. The van der Waals surface area contributed by atoms with E-state index in [1.54, 1.807) is 0 Å². The first-order valence-corrected chi connectivity index (χ1v) is 8.72. The van der Waals surface area contributed by atoms with Crippen molar-refractivity contribution in [3.63, 3.8) is 0 Å². The lowest BCUT2D eigenvalue weighted by Gasteiger charge is -2.56. The van der Waals surface area contributed by atoms with Crippen molar-refractivity contribution in [1.82, 2.24) is 0 Å². The molecule has 0 aromatic heterocycles. The Bertz CT molecular complexity index is 546. The van der Waals surface area contributed by atoms with Gasteiger partial charge in [0.05, 0.1) is 0 Å². The molecule has 0 spiro atoms. The van der Waals surface area contributed by atoms with E-state index >= 15 is 0 Å². The molecule has 0 saturated heterocycles. The van der Waals surface area contributed by atoms with E-state index in [1.807, 2.05) is 6.08 Å². The van der Waals surface area contributed by atoms with Gasteiger partial charge in [-0.15, -0.1) is 0 Å². The van der Waals surface area contributed by atoms with Crippen LogP contribution in [0.4, 0.5) is 0 Å². The number of hydrogen-bond acceptors (Lipinski definition) is 2. The summed E-state index contributed by atoms with van der Waals surface area (Å²) >= 11 is 0. The highest BCUT2D eigenvalue weighted by molar-refractivity contribution is 5.91. The van der Waals surface area contributed by atoms with Crippen LogP contribution in [0.25, 0.3) is 0 Å². The molecule has 0 aromatic carbocycles. The van der Waals surface area contributed by atoms with Crippen molar-refractivity contribution in [2.45, 2.75) is 65.2 Å². The fourth-order valence-corrected chi connectivity index (χ4v) is 6.33. The van der Waals surface area contributed by atoms with E-state index in [4.69, 9.17) is 0 Å². The second-order valence-corrected chi connectivity index (χ2v) is 8.39. The van der Waals surface area contributed by atoms with Crippen LogP contribution in [-0.4, -0.2) is 11.6 Å². The lowest BCUT2D eigenvalue weighted by Crippen LogP contribution is -2.50. The molecular weight excluding hydrogens is 260 g/mol. The first-order valence-electron chi connectivity index (χ1n) is 8.72. The molecule has 3 fully saturated rings. The number of carbonyl (C=O) groups excluding carboxylic acids is 2. The highest BCUT2D eigenvalue weighted by atomic mass is 16.1. The van der Waals surface area contributed by atoms with E-state index in [9.17, 15) is 9.59 Å². The molecule has 0 unspecified atom stereocenters. The molecule has 2 heteroatoms. The predicted molar refractivity (Wildman–Crippen MR) is 81.7 cm³/mol. The predicted octanol–water partition coefficient (Wildman–Crippen LogP) is 4.09. The van der Waals surface area contributed by atoms with Crippen LogP contribution in [0.1, 0.15) is 65.2 Å². The van der Waals surface area contributed by atoms with Crippen molar-refractivity contribution in [3.8, 4) is 0 Å². The smallest absolute Gasteiger partial charge is 0.155 e. The van der Waals surface area contributed by atoms with Crippen LogP contribution >= 0.6 is 0 Å². The fraction of sp³-hybridized carbons (Fsp3) is 0.789. The molecule has 0 N–H and O–H groups in total. The van der Waals surface area contributed by atoms with Gasteiger partial charge in [-0.1, -0.05) is 19.4 Å². The maximum atomic E-state index is 12.4. The molecule has 3 saturated carbocycles. The zero-order chi connectivity index (χ0) is 14.8. The molecule has 0 aliphatic heterocycles. The van der Waals surface area contributed by atoms with Crippen molar-refractivity contribution in [2.75, 3.05) is 0 Å². The Hall–Kier alpha value is -0.920.